The highest BCUT2D eigenvalue weighted by Gasteiger charge is 2.22. The molecule has 0 spiro atoms. The van der Waals surface area contributed by atoms with Gasteiger partial charge in [0.25, 0.3) is 0 Å². The number of carbonyl (C=O) groups is 2. The molecule has 0 saturated heterocycles. The first kappa shape index (κ1) is 14.6. The van der Waals surface area contributed by atoms with Crippen LogP contribution in [0.5, 0.6) is 0 Å². The molecular weight excluding hydrogens is 254 g/mol. The molecule has 1 aromatic rings. The van der Waals surface area contributed by atoms with Crippen LogP contribution in [0.4, 0.5) is 10.5 Å². The van der Waals surface area contributed by atoms with Crippen molar-refractivity contribution in [3.05, 3.63) is 29.3 Å². The van der Waals surface area contributed by atoms with Crippen LogP contribution in [0.2, 0.25) is 0 Å². The standard InChI is InChI=1S/C16H21NO3/c1-16(2,3)20-15(19)17-14-6-4-5-12-9-11(10-18)7-8-13(12)14/h4-6,10-11H,7-9H2,1-3H3,(H,17,19). The molecule has 0 fully saturated rings. The zero-order valence-electron chi connectivity index (χ0n) is 12.2. The lowest BCUT2D eigenvalue weighted by atomic mass is 9.84. The van der Waals surface area contributed by atoms with Crippen molar-refractivity contribution in [2.24, 2.45) is 5.92 Å². The van der Waals surface area contributed by atoms with E-state index >= 15 is 0 Å². The highest BCUT2D eigenvalue weighted by molar-refractivity contribution is 5.86. The molecule has 2 rings (SSSR count). The van der Waals surface area contributed by atoms with Crippen molar-refractivity contribution < 1.29 is 14.3 Å². The van der Waals surface area contributed by atoms with Crippen molar-refractivity contribution in [3.8, 4) is 0 Å². The van der Waals surface area contributed by atoms with Gasteiger partial charge in [-0.25, -0.2) is 4.79 Å². The van der Waals surface area contributed by atoms with Crippen molar-refractivity contribution in [3.63, 3.8) is 0 Å². The monoisotopic (exact) mass is 275 g/mol. The number of aldehydes is 1. The molecule has 4 nitrogen and oxygen atoms in total. The Morgan fingerprint density at radius 2 is 2.15 bits per heavy atom. The molecule has 108 valence electrons. The molecule has 1 aromatic carbocycles. The quantitative estimate of drug-likeness (QED) is 0.842. The average molecular weight is 275 g/mol. The van der Waals surface area contributed by atoms with Crippen LogP contribution in [0.15, 0.2) is 18.2 Å². The lowest BCUT2D eigenvalue weighted by molar-refractivity contribution is -0.111. The second-order valence-corrected chi connectivity index (χ2v) is 6.21. The summed E-state index contributed by atoms with van der Waals surface area (Å²) in [7, 11) is 0. The summed E-state index contributed by atoms with van der Waals surface area (Å²) in [5.41, 5.74) is 2.54. The number of nitrogens with one attached hydrogen (secondary N) is 1. The van der Waals surface area contributed by atoms with Crippen molar-refractivity contribution in [2.45, 2.75) is 45.6 Å². The number of amides is 1. The van der Waals surface area contributed by atoms with E-state index in [1.54, 1.807) is 0 Å². The Balaban J connectivity index is 2.14. The first-order chi connectivity index (χ1) is 9.39. The van der Waals surface area contributed by atoms with Gasteiger partial charge in [0.15, 0.2) is 0 Å². The number of ether oxygens (including phenoxy) is 1. The smallest absolute Gasteiger partial charge is 0.412 e. The topological polar surface area (TPSA) is 55.4 Å². The molecule has 1 aliphatic rings. The third-order valence-electron chi connectivity index (χ3n) is 3.35. The van der Waals surface area contributed by atoms with Crippen LogP contribution in [0.25, 0.3) is 0 Å². The summed E-state index contributed by atoms with van der Waals surface area (Å²) >= 11 is 0. The Morgan fingerprint density at radius 3 is 2.80 bits per heavy atom. The van der Waals surface area contributed by atoms with Crippen molar-refractivity contribution in [1.29, 1.82) is 0 Å². The highest BCUT2D eigenvalue weighted by atomic mass is 16.6. The van der Waals surface area contributed by atoms with Crippen LogP contribution in [0, 0.1) is 5.92 Å². The largest absolute Gasteiger partial charge is 0.444 e. The first-order valence-electron chi connectivity index (χ1n) is 6.95. The van der Waals surface area contributed by atoms with E-state index in [9.17, 15) is 9.59 Å². The maximum atomic E-state index is 11.8. The predicted molar refractivity (Wildman–Crippen MR) is 77.9 cm³/mol. The molecule has 1 amide bonds. The van der Waals surface area contributed by atoms with Crippen LogP contribution in [0.1, 0.15) is 38.3 Å². The normalized spacial score (nSPS) is 18.1. The number of fused-ring (bicyclic) bond motifs is 1. The van der Waals surface area contributed by atoms with Gasteiger partial charge in [-0.2, -0.15) is 0 Å². The number of benzene rings is 1. The number of hydrogen-bond donors (Lipinski definition) is 1. The fraction of sp³-hybridized carbons (Fsp3) is 0.500. The van der Waals surface area contributed by atoms with Crippen LogP contribution in [-0.2, 0) is 22.4 Å². The summed E-state index contributed by atoms with van der Waals surface area (Å²) in [6.07, 6.45) is 2.98. The van der Waals surface area contributed by atoms with E-state index in [0.717, 1.165) is 42.4 Å². The molecule has 1 unspecified atom stereocenters. The molecule has 1 atom stereocenters. The Labute approximate surface area is 119 Å². The Kier molecular flexibility index (Phi) is 4.12. The van der Waals surface area contributed by atoms with Gasteiger partial charge in [-0.3, -0.25) is 5.32 Å². The molecule has 0 aliphatic heterocycles. The van der Waals surface area contributed by atoms with Crippen molar-refractivity contribution >= 4 is 18.1 Å². The maximum absolute atomic E-state index is 11.8. The first-order valence-corrected chi connectivity index (χ1v) is 6.95. The van der Waals surface area contributed by atoms with Gasteiger partial charge >= 0.3 is 6.09 Å². The van der Waals surface area contributed by atoms with E-state index in [0.29, 0.717) is 0 Å². The van der Waals surface area contributed by atoms with E-state index in [4.69, 9.17) is 4.74 Å². The van der Waals surface area contributed by atoms with E-state index < -0.39 is 11.7 Å². The Bertz CT molecular complexity index is 517. The van der Waals surface area contributed by atoms with E-state index in [2.05, 4.69) is 5.32 Å². The van der Waals surface area contributed by atoms with Crippen LogP contribution < -0.4 is 5.32 Å². The lowest BCUT2D eigenvalue weighted by Gasteiger charge is -2.24. The molecular formula is C16H21NO3. The molecule has 1 aliphatic carbocycles. The molecule has 20 heavy (non-hydrogen) atoms. The van der Waals surface area contributed by atoms with Crippen LogP contribution in [0.3, 0.4) is 0 Å². The van der Waals surface area contributed by atoms with Gasteiger partial charge in [0, 0.05) is 11.6 Å². The third-order valence-corrected chi connectivity index (χ3v) is 3.35. The van der Waals surface area contributed by atoms with Crippen LogP contribution >= 0.6 is 0 Å². The number of hydrogen-bond acceptors (Lipinski definition) is 3. The summed E-state index contributed by atoms with van der Waals surface area (Å²) < 4.78 is 5.27. The van der Waals surface area contributed by atoms with E-state index in [1.165, 1.54) is 0 Å². The molecule has 0 aromatic heterocycles. The molecule has 0 bridgehead atoms. The van der Waals surface area contributed by atoms with Gasteiger partial charge in [0.2, 0.25) is 0 Å². The minimum Gasteiger partial charge on any atom is -0.444 e. The molecule has 0 saturated carbocycles. The highest BCUT2D eigenvalue weighted by Crippen LogP contribution is 2.30. The number of carbonyl (C=O) groups excluding carboxylic acids is 2. The Hall–Kier alpha value is -1.84. The zero-order valence-corrected chi connectivity index (χ0v) is 12.2. The lowest BCUT2D eigenvalue weighted by Crippen LogP contribution is -2.28. The summed E-state index contributed by atoms with van der Waals surface area (Å²) in [4.78, 5) is 22.7. The molecule has 1 N–H and O–H groups in total. The van der Waals surface area contributed by atoms with E-state index in [-0.39, 0.29) is 5.92 Å². The molecule has 0 radical (unpaired) electrons. The summed E-state index contributed by atoms with van der Waals surface area (Å²) in [6.45, 7) is 5.51. The summed E-state index contributed by atoms with van der Waals surface area (Å²) in [6, 6.07) is 5.80. The second-order valence-electron chi connectivity index (χ2n) is 6.21. The summed E-state index contributed by atoms with van der Waals surface area (Å²) in [5, 5.41) is 2.81. The predicted octanol–water partition coefficient (Wildman–Crippen LogP) is 3.34. The number of rotatable bonds is 2. The SMILES string of the molecule is CC(C)(C)OC(=O)Nc1cccc2c1CCC(C=O)C2. The summed E-state index contributed by atoms with van der Waals surface area (Å²) in [5.74, 6) is 0.0966. The van der Waals surface area contributed by atoms with Crippen molar-refractivity contribution in [1.82, 2.24) is 0 Å². The van der Waals surface area contributed by atoms with Gasteiger partial charge in [0.05, 0.1) is 0 Å². The van der Waals surface area contributed by atoms with E-state index in [1.807, 2.05) is 39.0 Å². The van der Waals surface area contributed by atoms with Gasteiger partial charge < -0.3 is 9.53 Å². The molecule has 4 heteroatoms. The van der Waals surface area contributed by atoms with Crippen molar-refractivity contribution in [2.75, 3.05) is 5.32 Å². The van der Waals surface area contributed by atoms with Gasteiger partial charge in [-0.05, 0) is 57.2 Å². The zero-order chi connectivity index (χ0) is 14.8. The number of anilines is 1. The maximum Gasteiger partial charge on any atom is 0.412 e. The van der Waals surface area contributed by atoms with Crippen LogP contribution in [-0.4, -0.2) is 18.0 Å². The minimum absolute atomic E-state index is 0.0966. The molecule has 0 heterocycles. The fourth-order valence-corrected chi connectivity index (χ4v) is 2.48. The Morgan fingerprint density at radius 1 is 1.40 bits per heavy atom. The van der Waals surface area contributed by atoms with Gasteiger partial charge in [-0.1, -0.05) is 12.1 Å². The minimum atomic E-state index is -0.512. The fourth-order valence-electron chi connectivity index (χ4n) is 2.48. The van der Waals surface area contributed by atoms with Gasteiger partial charge in [-0.15, -0.1) is 0 Å². The average Bonchev–Trinajstić information content (AvgIpc) is 2.36. The second kappa shape index (κ2) is 5.65. The third kappa shape index (κ3) is 3.59. The van der Waals surface area contributed by atoms with Gasteiger partial charge in [0.1, 0.15) is 11.9 Å².